The number of rotatable bonds is 20. The van der Waals surface area contributed by atoms with Crippen LogP contribution in [0.2, 0.25) is 0 Å². The molecule has 0 saturated carbocycles. The molecule has 0 heterocycles. The highest BCUT2D eigenvalue weighted by Crippen LogP contribution is 2.47. The minimum atomic E-state index is -1.28. The zero-order valence-electron chi connectivity index (χ0n) is 22.1. The van der Waals surface area contributed by atoms with Crippen LogP contribution >= 0.6 is 0 Å². The van der Waals surface area contributed by atoms with Gasteiger partial charge in [-0.15, -0.1) is 0 Å². The predicted octanol–water partition coefficient (Wildman–Crippen LogP) is 4.69. The zero-order valence-corrected chi connectivity index (χ0v) is 22.1. The molecule has 0 aliphatic rings. The maximum absolute atomic E-state index is 12.5. The van der Waals surface area contributed by atoms with Gasteiger partial charge in [0.1, 0.15) is 0 Å². The van der Waals surface area contributed by atoms with Crippen LogP contribution in [0.5, 0.6) is 0 Å². The summed E-state index contributed by atoms with van der Waals surface area (Å²) in [6.07, 6.45) is 9.92. The summed E-state index contributed by atoms with van der Waals surface area (Å²) >= 11 is 0. The highest BCUT2D eigenvalue weighted by atomic mass is 16.4. The van der Waals surface area contributed by atoms with Crippen molar-refractivity contribution >= 4 is 11.9 Å². The van der Waals surface area contributed by atoms with Crippen molar-refractivity contribution in [3.8, 4) is 0 Å². The van der Waals surface area contributed by atoms with Crippen LogP contribution in [0.1, 0.15) is 104 Å². The Morgan fingerprint density at radius 2 is 1.12 bits per heavy atom. The fourth-order valence-corrected chi connectivity index (χ4v) is 5.72. The number of aliphatic carboxylic acids is 2. The molecular formula is C26H52NO6+. The third-order valence-corrected chi connectivity index (χ3v) is 6.74. The third-order valence-electron chi connectivity index (χ3n) is 6.74. The summed E-state index contributed by atoms with van der Waals surface area (Å²) in [5.74, 6) is -3.11. The molecule has 0 amide bonds. The number of carboxylic acids is 2. The van der Waals surface area contributed by atoms with Crippen molar-refractivity contribution in [3.05, 3.63) is 0 Å². The number of carboxylic acid groups (broad SMARTS) is 2. The summed E-state index contributed by atoms with van der Waals surface area (Å²) < 4.78 is 0.0105. The van der Waals surface area contributed by atoms with Crippen LogP contribution in [0, 0.1) is 11.3 Å². The Morgan fingerprint density at radius 1 is 0.727 bits per heavy atom. The quantitative estimate of drug-likeness (QED) is 0.150. The average molecular weight is 475 g/mol. The number of likely N-dealkylation sites (N-methyl/N-ethyl adjacent to an activating group) is 1. The predicted molar refractivity (Wildman–Crippen MR) is 132 cm³/mol. The fourth-order valence-electron chi connectivity index (χ4n) is 5.72. The molecule has 0 aromatic carbocycles. The van der Waals surface area contributed by atoms with Crippen molar-refractivity contribution in [1.29, 1.82) is 0 Å². The molecule has 196 valence electrons. The van der Waals surface area contributed by atoms with Crippen molar-refractivity contribution < 1.29 is 34.5 Å². The largest absolute Gasteiger partial charge is 0.481 e. The first-order valence-electron chi connectivity index (χ1n) is 12.9. The first-order chi connectivity index (χ1) is 15.3. The summed E-state index contributed by atoms with van der Waals surface area (Å²) in [6, 6.07) is -1.08. The number of aliphatic hydroxyl groups is 2. The molecule has 0 rings (SSSR count). The highest BCUT2D eigenvalue weighted by Gasteiger charge is 2.58. The molecular weight excluding hydrogens is 422 g/mol. The molecule has 0 aromatic heterocycles. The lowest BCUT2D eigenvalue weighted by Crippen LogP contribution is -2.63. The van der Waals surface area contributed by atoms with E-state index in [9.17, 15) is 30.0 Å². The van der Waals surface area contributed by atoms with Gasteiger partial charge in [-0.3, -0.25) is 4.79 Å². The maximum Gasteiger partial charge on any atom is 0.363 e. The second-order valence-electron chi connectivity index (χ2n) is 11.1. The first kappa shape index (κ1) is 31.8. The second-order valence-corrected chi connectivity index (χ2v) is 11.1. The van der Waals surface area contributed by atoms with E-state index in [1.54, 1.807) is 35.0 Å². The van der Waals surface area contributed by atoms with E-state index in [2.05, 4.69) is 6.92 Å². The van der Waals surface area contributed by atoms with Crippen LogP contribution in [0.15, 0.2) is 0 Å². The first-order valence-corrected chi connectivity index (χ1v) is 12.9. The highest BCUT2D eigenvalue weighted by molar-refractivity contribution is 5.77. The van der Waals surface area contributed by atoms with Gasteiger partial charge in [0, 0.05) is 0 Å². The van der Waals surface area contributed by atoms with Gasteiger partial charge in [-0.2, -0.15) is 0 Å². The number of hydrogen-bond acceptors (Lipinski definition) is 4. The molecule has 7 nitrogen and oxygen atoms in total. The Morgan fingerprint density at radius 3 is 1.42 bits per heavy atom. The number of carbonyl (C=O) groups is 2. The molecule has 0 aromatic rings. The van der Waals surface area contributed by atoms with E-state index in [1.807, 2.05) is 0 Å². The average Bonchev–Trinajstić information content (AvgIpc) is 2.62. The SMILES string of the molecule is CCCCCCCCCCCCC(C(=O)O)C(CC(C)O)(CC(C)O)C(C(=O)O)[N+](C)(C)C. The normalized spacial score (nSPS) is 17.7. The molecule has 33 heavy (non-hydrogen) atoms. The van der Waals surface area contributed by atoms with Gasteiger partial charge in [0.15, 0.2) is 6.04 Å². The van der Waals surface area contributed by atoms with E-state index in [-0.39, 0.29) is 17.3 Å². The molecule has 4 atom stereocenters. The van der Waals surface area contributed by atoms with Gasteiger partial charge < -0.3 is 24.9 Å². The van der Waals surface area contributed by atoms with Crippen molar-refractivity contribution in [1.82, 2.24) is 0 Å². The summed E-state index contributed by atoms with van der Waals surface area (Å²) in [5, 5.41) is 41.0. The van der Waals surface area contributed by atoms with Gasteiger partial charge in [0.2, 0.25) is 0 Å². The molecule has 0 saturated heterocycles. The van der Waals surface area contributed by atoms with E-state index in [0.717, 1.165) is 19.3 Å². The summed E-state index contributed by atoms with van der Waals surface area (Å²) in [4.78, 5) is 24.9. The number of unbranched alkanes of at least 4 members (excludes halogenated alkanes) is 9. The van der Waals surface area contributed by atoms with Crippen molar-refractivity contribution in [2.75, 3.05) is 21.1 Å². The Labute approximate surface area is 201 Å². The number of aliphatic hydroxyl groups excluding tert-OH is 2. The van der Waals surface area contributed by atoms with Crippen molar-refractivity contribution in [2.24, 2.45) is 11.3 Å². The van der Waals surface area contributed by atoms with Gasteiger partial charge in [0.25, 0.3) is 0 Å². The number of nitrogens with zero attached hydrogens (tertiary/aromatic N) is 1. The van der Waals surface area contributed by atoms with Crippen LogP contribution in [0.4, 0.5) is 0 Å². The van der Waals surface area contributed by atoms with E-state index in [4.69, 9.17) is 0 Å². The van der Waals surface area contributed by atoms with E-state index in [0.29, 0.717) is 12.8 Å². The molecule has 0 fully saturated rings. The molecule has 0 aliphatic heterocycles. The van der Waals surface area contributed by atoms with Crippen molar-refractivity contribution in [2.45, 2.75) is 122 Å². The van der Waals surface area contributed by atoms with Gasteiger partial charge in [-0.25, -0.2) is 4.79 Å². The number of hydrogen-bond donors (Lipinski definition) is 4. The van der Waals surface area contributed by atoms with E-state index in [1.165, 1.54) is 38.5 Å². The Hall–Kier alpha value is -1.18. The van der Waals surface area contributed by atoms with Gasteiger partial charge in [-0.1, -0.05) is 71.1 Å². The summed E-state index contributed by atoms with van der Waals surface area (Å²) in [7, 11) is 5.20. The lowest BCUT2D eigenvalue weighted by atomic mass is 9.61. The fraction of sp³-hybridized carbons (Fsp3) is 0.923. The molecule has 7 heteroatoms. The van der Waals surface area contributed by atoms with Crippen LogP contribution in [0.25, 0.3) is 0 Å². The lowest BCUT2D eigenvalue weighted by molar-refractivity contribution is -0.896. The molecule has 4 unspecified atom stereocenters. The minimum absolute atomic E-state index is 0.0105. The Balaban J connectivity index is 5.49. The summed E-state index contributed by atoms with van der Waals surface area (Å²) in [5.41, 5.74) is -1.28. The minimum Gasteiger partial charge on any atom is -0.481 e. The van der Waals surface area contributed by atoms with E-state index >= 15 is 0 Å². The monoisotopic (exact) mass is 474 g/mol. The summed E-state index contributed by atoms with van der Waals surface area (Å²) in [6.45, 7) is 5.33. The second kappa shape index (κ2) is 15.7. The van der Waals surface area contributed by atoms with Crippen LogP contribution < -0.4 is 0 Å². The zero-order chi connectivity index (χ0) is 25.7. The maximum atomic E-state index is 12.5. The van der Waals surface area contributed by atoms with Crippen molar-refractivity contribution in [3.63, 3.8) is 0 Å². The van der Waals surface area contributed by atoms with Gasteiger partial charge >= 0.3 is 11.9 Å². The third kappa shape index (κ3) is 11.7. The molecule has 4 N–H and O–H groups in total. The topological polar surface area (TPSA) is 115 Å². The van der Waals surface area contributed by atoms with E-state index < -0.39 is 41.5 Å². The lowest BCUT2D eigenvalue weighted by Gasteiger charge is -2.49. The molecule has 0 spiro atoms. The van der Waals surface area contributed by atoms with Gasteiger partial charge in [-0.05, 0) is 33.1 Å². The van der Waals surface area contributed by atoms with Crippen LogP contribution in [-0.4, -0.2) is 76.2 Å². The smallest absolute Gasteiger partial charge is 0.363 e. The van der Waals surface area contributed by atoms with Gasteiger partial charge in [0.05, 0.1) is 44.7 Å². The Bertz CT molecular complexity index is 545. The van der Waals surface area contributed by atoms with Crippen LogP contribution in [-0.2, 0) is 9.59 Å². The standard InChI is InChI=1S/C26H51NO6/c1-7-8-9-10-11-12-13-14-15-16-17-22(24(30)31)26(18-20(2)28,19-21(3)29)23(25(32)33)27(4,5)6/h20-23,28-29H,7-19H2,1-6H3,(H-,30,31,32,33)/p+1. The molecule has 0 aliphatic carbocycles. The molecule has 0 radical (unpaired) electrons. The molecule has 0 bridgehead atoms. The Kier molecular flexibility index (Phi) is 15.1. The number of quaternary nitrogens is 1. The van der Waals surface area contributed by atoms with Crippen LogP contribution in [0.3, 0.4) is 0 Å².